The van der Waals surface area contributed by atoms with Gasteiger partial charge < -0.3 is 10.4 Å². The van der Waals surface area contributed by atoms with E-state index in [0.717, 1.165) is 0 Å². The minimum atomic E-state index is -1.15. The number of nitrogens with one attached hydrogen (secondary N) is 1. The second kappa shape index (κ2) is 6.24. The molecular formula is C14H8BrClFNO3. The smallest absolute Gasteiger partial charge is 0.337 e. The SMILES string of the molecule is O=C(O)c1ccc(NC(=O)c2ccc(F)cc2Br)cc1Cl. The van der Waals surface area contributed by atoms with Crippen molar-refractivity contribution >= 4 is 45.1 Å². The van der Waals surface area contributed by atoms with Gasteiger partial charge in [-0.15, -0.1) is 0 Å². The van der Waals surface area contributed by atoms with E-state index in [1.807, 2.05) is 0 Å². The lowest BCUT2D eigenvalue weighted by molar-refractivity contribution is 0.0697. The van der Waals surface area contributed by atoms with Gasteiger partial charge in [0.15, 0.2) is 0 Å². The summed E-state index contributed by atoms with van der Waals surface area (Å²) in [5.74, 6) is -2.09. The Bertz CT molecular complexity index is 736. The van der Waals surface area contributed by atoms with Gasteiger partial charge in [0.2, 0.25) is 0 Å². The minimum absolute atomic E-state index is 0.0125. The number of halogens is 3. The van der Waals surface area contributed by atoms with E-state index in [1.165, 1.54) is 36.4 Å². The Morgan fingerprint density at radius 2 is 1.81 bits per heavy atom. The van der Waals surface area contributed by atoms with Crippen molar-refractivity contribution in [3.8, 4) is 0 Å². The molecule has 0 bridgehead atoms. The number of carbonyl (C=O) groups is 2. The van der Waals surface area contributed by atoms with Crippen LogP contribution in [0.25, 0.3) is 0 Å². The van der Waals surface area contributed by atoms with Crippen LogP contribution in [0, 0.1) is 5.82 Å². The quantitative estimate of drug-likeness (QED) is 0.849. The van der Waals surface area contributed by atoms with Crippen molar-refractivity contribution in [2.24, 2.45) is 0 Å². The summed E-state index contributed by atoms with van der Waals surface area (Å²) in [4.78, 5) is 22.9. The zero-order valence-corrected chi connectivity index (χ0v) is 12.7. The lowest BCUT2D eigenvalue weighted by atomic mass is 10.2. The number of hydrogen-bond donors (Lipinski definition) is 2. The van der Waals surface area contributed by atoms with Crippen LogP contribution in [0.3, 0.4) is 0 Å². The summed E-state index contributed by atoms with van der Waals surface area (Å²) in [6.45, 7) is 0. The fraction of sp³-hybridized carbons (Fsp3) is 0. The molecule has 0 saturated heterocycles. The maximum Gasteiger partial charge on any atom is 0.337 e. The molecule has 0 fully saturated rings. The number of carboxylic acid groups (broad SMARTS) is 1. The van der Waals surface area contributed by atoms with Crippen molar-refractivity contribution in [1.29, 1.82) is 0 Å². The Kier molecular flexibility index (Phi) is 4.59. The highest BCUT2D eigenvalue weighted by molar-refractivity contribution is 9.10. The van der Waals surface area contributed by atoms with Crippen LogP contribution in [0.2, 0.25) is 5.02 Å². The second-order valence-corrected chi connectivity index (χ2v) is 5.34. The van der Waals surface area contributed by atoms with Gasteiger partial charge in [0.1, 0.15) is 5.82 Å². The van der Waals surface area contributed by atoms with Crippen molar-refractivity contribution in [2.75, 3.05) is 5.32 Å². The average molecular weight is 373 g/mol. The number of amides is 1. The van der Waals surface area contributed by atoms with E-state index in [-0.39, 0.29) is 16.1 Å². The summed E-state index contributed by atoms with van der Waals surface area (Å²) >= 11 is 8.92. The summed E-state index contributed by atoms with van der Waals surface area (Å²) in [6.07, 6.45) is 0. The van der Waals surface area contributed by atoms with E-state index in [2.05, 4.69) is 21.2 Å². The van der Waals surface area contributed by atoms with Gasteiger partial charge in [-0.1, -0.05) is 11.6 Å². The van der Waals surface area contributed by atoms with Crippen LogP contribution in [-0.4, -0.2) is 17.0 Å². The first-order valence-electron chi connectivity index (χ1n) is 5.67. The normalized spacial score (nSPS) is 10.2. The van der Waals surface area contributed by atoms with Crippen molar-refractivity contribution in [3.05, 3.63) is 62.8 Å². The third-order valence-electron chi connectivity index (χ3n) is 2.63. The number of rotatable bonds is 3. The van der Waals surface area contributed by atoms with Gasteiger partial charge in [-0.25, -0.2) is 9.18 Å². The van der Waals surface area contributed by atoms with Gasteiger partial charge in [0.05, 0.1) is 16.1 Å². The van der Waals surface area contributed by atoms with Crippen molar-refractivity contribution in [1.82, 2.24) is 0 Å². The molecule has 2 N–H and O–H groups in total. The molecule has 108 valence electrons. The highest BCUT2D eigenvalue weighted by atomic mass is 79.9. The molecule has 0 aliphatic carbocycles. The zero-order valence-electron chi connectivity index (χ0n) is 10.4. The van der Waals surface area contributed by atoms with Crippen LogP contribution < -0.4 is 5.32 Å². The molecule has 0 unspecified atom stereocenters. The highest BCUT2D eigenvalue weighted by Crippen LogP contribution is 2.23. The third-order valence-corrected chi connectivity index (χ3v) is 3.60. The summed E-state index contributed by atoms with van der Waals surface area (Å²) in [6, 6.07) is 7.72. The van der Waals surface area contributed by atoms with Crippen molar-refractivity contribution < 1.29 is 19.1 Å². The molecule has 2 aromatic carbocycles. The van der Waals surface area contributed by atoms with Gasteiger partial charge in [-0.2, -0.15) is 0 Å². The molecule has 2 aromatic rings. The summed E-state index contributed by atoms with van der Waals surface area (Å²) in [5, 5.41) is 11.4. The average Bonchev–Trinajstić information content (AvgIpc) is 2.37. The van der Waals surface area contributed by atoms with Gasteiger partial charge in [0, 0.05) is 10.2 Å². The Morgan fingerprint density at radius 3 is 2.38 bits per heavy atom. The summed E-state index contributed by atoms with van der Waals surface area (Å²) in [5.41, 5.74) is 0.527. The van der Waals surface area contributed by atoms with Gasteiger partial charge >= 0.3 is 5.97 Å². The number of benzene rings is 2. The van der Waals surface area contributed by atoms with Gasteiger partial charge in [-0.05, 0) is 52.3 Å². The molecule has 1 amide bonds. The van der Waals surface area contributed by atoms with E-state index in [4.69, 9.17) is 16.7 Å². The predicted molar refractivity (Wildman–Crippen MR) is 80.5 cm³/mol. The Balaban J connectivity index is 2.23. The molecule has 0 heterocycles. The first-order chi connectivity index (χ1) is 9.88. The fourth-order valence-corrected chi connectivity index (χ4v) is 2.43. The molecule has 0 saturated carbocycles. The molecule has 0 radical (unpaired) electrons. The number of anilines is 1. The molecular weight excluding hydrogens is 365 g/mol. The number of aromatic carboxylic acids is 1. The Hall–Kier alpha value is -1.92. The maximum absolute atomic E-state index is 13.0. The molecule has 0 aliphatic heterocycles. The lowest BCUT2D eigenvalue weighted by Gasteiger charge is -2.08. The molecule has 2 rings (SSSR count). The van der Waals surface area contributed by atoms with Crippen LogP contribution in [0.5, 0.6) is 0 Å². The first kappa shape index (κ1) is 15.5. The van der Waals surface area contributed by atoms with E-state index in [1.54, 1.807) is 0 Å². The van der Waals surface area contributed by atoms with E-state index >= 15 is 0 Å². The molecule has 0 aromatic heterocycles. The third kappa shape index (κ3) is 3.59. The van der Waals surface area contributed by atoms with E-state index in [0.29, 0.717) is 10.2 Å². The standard InChI is InChI=1S/C14H8BrClFNO3/c15-11-5-7(17)1-3-9(11)13(19)18-8-2-4-10(14(20)21)12(16)6-8/h1-6H,(H,18,19)(H,20,21). The van der Waals surface area contributed by atoms with Crippen molar-refractivity contribution in [2.45, 2.75) is 0 Å². The second-order valence-electron chi connectivity index (χ2n) is 4.08. The maximum atomic E-state index is 13.0. The Labute approximate surface area is 132 Å². The van der Waals surface area contributed by atoms with Crippen LogP contribution >= 0.6 is 27.5 Å². The first-order valence-corrected chi connectivity index (χ1v) is 6.85. The van der Waals surface area contributed by atoms with Gasteiger partial charge in [0.25, 0.3) is 5.91 Å². The molecule has 0 spiro atoms. The highest BCUT2D eigenvalue weighted by Gasteiger charge is 2.13. The minimum Gasteiger partial charge on any atom is -0.478 e. The molecule has 4 nitrogen and oxygen atoms in total. The van der Waals surface area contributed by atoms with Crippen molar-refractivity contribution in [3.63, 3.8) is 0 Å². The topological polar surface area (TPSA) is 66.4 Å². The van der Waals surface area contributed by atoms with Crippen LogP contribution in [-0.2, 0) is 0 Å². The number of carbonyl (C=O) groups excluding carboxylic acids is 1. The molecule has 0 aliphatic rings. The van der Waals surface area contributed by atoms with E-state index < -0.39 is 17.7 Å². The van der Waals surface area contributed by atoms with Crippen LogP contribution in [0.15, 0.2) is 40.9 Å². The zero-order chi connectivity index (χ0) is 15.6. The largest absolute Gasteiger partial charge is 0.478 e. The molecule has 0 atom stereocenters. The molecule has 21 heavy (non-hydrogen) atoms. The fourth-order valence-electron chi connectivity index (χ4n) is 1.64. The number of carboxylic acids is 1. The monoisotopic (exact) mass is 371 g/mol. The molecule has 7 heteroatoms. The van der Waals surface area contributed by atoms with E-state index in [9.17, 15) is 14.0 Å². The van der Waals surface area contributed by atoms with Crippen LogP contribution in [0.1, 0.15) is 20.7 Å². The Morgan fingerprint density at radius 1 is 1.14 bits per heavy atom. The predicted octanol–water partition coefficient (Wildman–Crippen LogP) is 4.19. The van der Waals surface area contributed by atoms with Gasteiger partial charge in [-0.3, -0.25) is 4.79 Å². The lowest BCUT2D eigenvalue weighted by Crippen LogP contribution is -2.13. The number of hydrogen-bond acceptors (Lipinski definition) is 2. The summed E-state index contributed by atoms with van der Waals surface area (Å²) in [7, 11) is 0. The summed E-state index contributed by atoms with van der Waals surface area (Å²) < 4.78 is 13.3. The van der Waals surface area contributed by atoms with Crippen LogP contribution in [0.4, 0.5) is 10.1 Å².